The van der Waals surface area contributed by atoms with Gasteiger partial charge in [-0.05, 0) is 0 Å². The lowest BCUT2D eigenvalue weighted by Gasteiger charge is -1.47. The quantitative estimate of drug-likeness (QED) is 0.368. The fraction of sp³-hybridized carbons (Fsp3) is 1.00. The first-order valence-electron chi connectivity index (χ1n) is 1.15. The average molecular weight is 62.0 g/mol. The largest absolute Gasteiger partial charge is 0.341 e. The topological polar surface area (TPSA) is 12.5 Å². The number of rotatable bonds is 0. The van der Waals surface area contributed by atoms with Gasteiger partial charge in [0.05, 0.1) is 0 Å². The summed E-state index contributed by atoms with van der Waals surface area (Å²) in [4.78, 5) is 0. The van der Waals surface area contributed by atoms with Gasteiger partial charge in [0.25, 0.3) is 0 Å². The molecular weight excluding hydrogens is 59.0 g/mol. The van der Waals surface area contributed by atoms with Gasteiger partial charge in [-0.3, -0.25) is 0 Å². The maximum absolute atomic E-state index is 10.9. The normalized spacial score (nSPS) is 39.8. The third kappa shape index (κ3) is 0.179. The van der Waals surface area contributed by atoms with Crippen LogP contribution < -0.4 is 0 Å². The fourth-order valence-electron chi connectivity index (χ4n) is 0.0364. The lowest BCUT2D eigenvalue weighted by atomic mass is 10.9. The smallest absolute Gasteiger partial charge is 0.222 e. The van der Waals surface area contributed by atoms with E-state index < -0.39 is 6.36 Å². The van der Waals surface area contributed by atoms with Gasteiger partial charge >= 0.3 is 0 Å². The molecule has 0 aliphatic carbocycles. The molecule has 0 N–H and O–H groups in total. The Labute approximate surface area is 23.4 Å². The van der Waals surface area contributed by atoms with E-state index in [9.17, 15) is 4.39 Å². The predicted molar refractivity (Wildman–Crippen MR) is 10.8 cm³/mol. The molecule has 1 atom stereocenters. The van der Waals surface area contributed by atoms with Crippen LogP contribution in [0.5, 0.6) is 0 Å². The molecule has 0 amide bonds. The van der Waals surface area contributed by atoms with Crippen LogP contribution in [-0.2, 0) is 4.74 Å². The molecule has 1 fully saturated rings. The Hall–Kier alpha value is -0.110. The number of ether oxygens (including phenoxy) is 1. The van der Waals surface area contributed by atoms with Gasteiger partial charge in [0.15, 0.2) is 0 Å². The number of halogens is 1. The minimum atomic E-state index is -0.917. The Balaban J connectivity index is 2.17. The van der Waals surface area contributed by atoms with E-state index in [2.05, 4.69) is 4.74 Å². The van der Waals surface area contributed by atoms with Crippen molar-refractivity contribution in [3.63, 3.8) is 0 Å². The molecule has 1 saturated heterocycles. The summed E-state index contributed by atoms with van der Waals surface area (Å²) < 4.78 is 14.9. The van der Waals surface area contributed by atoms with Crippen molar-refractivity contribution in [2.75, 3.05) is 6.61 Å². The van der Waals surface area contributed by atoms with Crippen LogP contribution in [0.15, 0.2) is 0 Å². The highest BCUT2D eigenvalue weighted by molar-refractivity contribution is 4.49. The summed E-state index contributed by atoms with van der Waals surface area (Å²) in [6.07, 6.45) is -0.917. The van der Waals surface area contributed by atoms with Gasteiger partial charge < -0.3 is 4.74 Å². The lowest BCUT2D eigenvalue weighted by Crippen LogP contribution is -1.55. The first-order chi connectivity index (χ1) is 1.89. The summed E-state index contributed by atoms with van der Waals surface area (Å²) >= 11 is 0. The molecule has 0 aromatic rings. The van der Waals surface area contributed by atoms with E-state index in [4.69, 9.17) is 0 Å². The summed E-state index contributed by atoms with van der Waals surface area (Å²) in [5, 5.41) is 0. The monoisotopic (exact) mass is 62.0 g/mol. The van der Waals surface area contributed by atoms with Crippen LogP contribution in [0.25, 0.3) is 0 Å². The molecule has 0 bridgehead atoms. The van der Waals surface area contributed by atoms with Gasteiger partial charge in [0.2, 0.25) is 6.36 Å². The van der Waals surface area contributed by atoms with Gasteiger partial charge in [0, 0.05) is 0 Å². The molecule has 0 spiro atoms. The van der Waals surface area contributed by atoms with Crippen molar-refractivity contribution < 1.29 is 9.13 Å². The second-order valence-corrected chi connectivity index (χ2v) is 0.743. The van der Waals surface area contributed by atoms with Gasteiger partial charge in [-0.15, -0.1) is 0 Å². The SMILES string of the molecule is F[C@@H]1CO1. The molecule has 1 aliphatic rings. The van der Waals surface area contributed by atoms with Crippen molar-refractivity contribution in [2.24, 2.45) is 0 Å². The highest BCUT2D eigenvalue weighted by atomic mass is 19.2. The zero-order valence-corrected chi connectivity index (χ0v) is 2.07. The zero-order valence-electron chi connectivity index (χ0n) is 2.07. The van der Waals surface area contributed by atoms with E-state index >= 15 is 0 Å². The van der Waals surface area contributed by atoms with Crippen molar-refractivity contribution in [3.05, 3.63) is 0 Å². The van der Waals surface area contributed by atoms with E-state index in [1.54, 1.807) is 0 Å². The Morgan fingerprint density at radius 3 is 2.25 bits per heavy atom. The van der Waals surface area contributed by atoms with Crippen molar-refractivity contribution in [2.45, 2.75) is 6.36 Å². The van der Waals surface area contributed by atoms with E-state index in [1.807, 2.05) is 0 Å². The minimum absolute atomic E-state index is 0.319. The molecule has 1 nitrogen and oxygen atoms in total. The second-order valence-electron chi connectivity index (χ2n) is 0.743. The standard InChI is InChI=1S/C2H3FO/c3-2-1-4-2/h2H,1H2/t2-/m0/s1. The van der Waals surface area contributed by atoms with Crippen LogP contribution in [0, 0.1) is 0 Å². The predicted octanol–water partition coefficient (Wildman–Crippen LogP) is 0.312. The molecule has 0 aromatic heterocycles. The first kappa shape index (κ1) is 2.15. The summed E-state index contributed by atoms with van der Waals surface area (Å²) in [5.41, 5.74) is 0. The zero-order chi connectivity index (χ0) is 2.99. The molecule has 1 aliphatic heterocycles. The summed E-state index contributed by atoms with van der Waals surface area (Å²) in [7, 11) is 0. The highest BCUT2D eigenvalue weighted by Crippen LogP contribution is 2.07. The Bertz CT molecular complexity index is 25.2. The number of alkyl halides is 1. The first-order valence-corrected chi connectivity index (χ1v) is 1.15. The Morgan fingerprint density at radius 1 is 2.00 bits per heavy atom. The second kappa shape index (κ2) is 0.432. The minimum Gasteiger partial charge on any atom is -0.341 e. The van der Waals surface area contributed by atoms with Gasteiger partial charge in [0.1, 0.15) is 6.61 Å². The molecule has 0 aromatic carbocycles. The fourth-order valence-corrected chi connectivity index (χ4v) is 0.0364. The summed E-state index contributed by atoms with van der Waals surface area (Å²) in [6, 6.07) is 0. The third-order valence-electron chi connectivity index (χ3n) is 0.293. The van der Waals surface area contributed by atoms with Crippen molar-refractivity contribution in [3.8, 4) is 0 Å². The van der Waals surface area contributed by atoms with Crippen LogP contribution in [0.4, 0.5) is 4.39 Å². The Kier molecular flexibility index (Phi) is 0.232. The molecule has 0 saturated carbocycles. The molecule has 24 valence electrons. The van der Waals surface area contributed by atoms with Gasteiger partial charge in [-0.1, -0.05) is 0 Å². The molecule has 0 unspecified atom stereocenters. The van der Waals surface area contributed by atoms with Crippen molar-refractivity contribution >= 4 is 0 Å². The van der Waals surface area contributed by atoms with E-state index in [0.29, 0.717) is 6.61 Å². The molecule has 0 radical (unpaired) electrons. The van der Waals surface area contributed by atoms with Crippen molar-refractivity contribution in [1.29, 1.82) is 0 Å². The van der Waals surface area contributed by atoms with Crippen LogP contribution in [0.3, 0.4) is 0 Å². The van der Waals surface area contributed by atoms with Crippen LogP contribution in [0.1, 0.15) is 0 Å². The molecule has 4 heavy (non-hydrogen) atoms. The van der Waals surface area contributed by atoms with Crippen LogP contribution in [-0.4, -0.2) is 13.0 Å². The molecule has 1 rings (SSSR count). The number of epoxide rings is 1. The number of hydrogen-bond acceptors (Lipinski definition) is 1. The van der Waals surface area contributed by atoms with E-state index in [0.717, 1.165) is 0 Å². The maximum atomic E-state index is 10.9. The average Bonchev–Trinajstić information content (AvgIpc) is 1.75. The summed E-state index contributed by atoms with van der Waals surface area (Å²) in [5.74, 6) is 0. The van der Waals surface area contributed by atoms with Crippen LogP contribution >= 0.6 is 0 Å². The van der Waals surface area contributed by atoms with E-state index in [-0.39, 0.29) is 0 Å². The van der Waals surface area contributed by atoms with E-state index in [1.165, 1.54) is 0 Å². The highest BCUT2D eigenvalue weighted by Gasteiger charge is 2.19. The summed E-state index contributed by atoms with van der Waals surface area (Å²) in [6.45, 7) is 0.319. The van der Waals surface area contributed by atoms with Crippen LogP contribution in [0.2, 0.25) is 0 Å². The van der Waals surface area contributed by atoms with Gasteiger partial charge in [-0.2, -0.15) is 0 Å². The Morgan fingerprint density at radius 2 is 2.25 bits per heavy atom. The third-order valence-corrected chi connectivity index (χ3v) is 0.293. The number of hydrogen-bond donors (Lipinski definition) is 0. The molecule has 2 heteroatoms. The maximum Gasteiger partial charge on any atom is 0.222 e. The van der Waals surface area contributed by atoms with Crippen molar-refractivity contribution in [1.82, 2.24) is 0 Å². The lowest BCUT2D eigenvalue weighted by molar-refractivity contribution is 0.271. The molecular formula is C2H3FO. The van der Waals surface area contributed by atoms with Gasteiger partial charge in [-0.25, -0.2) is 4.39 Å². The molecule has 1 heterocycles.